The van der Waals surface area contributed by atoms with E-state index < -0.39 is 9.76 Å². The smallest absolute Gasteiger partial charge is 0.176 e. The number of rotatable bonds is 7. The molecular formula is C26H36ClNO2Si. The van der Waals surface area contributed by atoms with Crippen LogP contribution in [-0.4, -0.2) is 45.7 Å². The van der Waals surface area contributed by atoms with Gasteiger partial charge in [0.2, 0.25) is 0 Å². The number of likely N-dealkylation sites (tertiary alicyclic amines) is 1. The standard InChI is InChI=1S/C26H36ClNO2Si/c1-24(2,3)31-30-25(4,5)26(21-9-7-6-8-10-21)15-17-28(18-16-26)19-23(29)20-11-13-22(27)14-12-20/h6-14H,15-19,31H2,1-5H3. The first-order valence-corrected chi connectivity index (χ1v) is 12.9. The molecule has 0 spiro atoms. The summed E-state index contributed by atoms with van der Waals surface area (Å²) < 4.78 is 6.73. The number of carbonyl (C=O) groups excluding carboxylic acids is 1. The van der Waals surface area contributed by atoms with Crippen LogP contribution in [0.3, 0.4) is 0 Å². The van der Waals surface area contributed by atoms with E-state index in [1.54, 1.807) is 12.1 Å². The molecule has 31 heavy (non-hydrogen) atoms. The van der Waals surface area contributed by atoms with Gasteiger partial charge in [0.05, 0.1) is 12.1 Å². The molecule has 0 aromatic heterocycles. The summed E-state index contributed by atoms with van der Waals surface area (Å²) in [5.41, 5.74) is 1.78. The maximum absolute atomic E-state index is 12.8. The average molecular weight is 458 g/mol. The molecule has 0 atom stereocenters. The predicted molar refractivity (Wildman–Crippen MR) is 133 cm³/mol. The largest absolute Gasteiger partial charge is 0.418 e. The fourth-order valence-electron chi connectivity index (χ4n) is 4.55. The maximum atomic E-state index is 12.8. The molecular weight excluding hydrogens is 422 g/mol. The topological polar surface area (TPSA) is 29.5 Å². The van der Waals surface area contributed by atoms with Crippen molar-refractivity contribution < 1.29 is 9.22 Å². The lowest BCUT2D eigenvalue weighted by atomic mass is 9.63. The summed E-state index contributed by atoms with van der Waals surface area (Å²) in [6.07, 6.45) is 1.97. The highest BCUT2D eigenvalue weighted by atomic mass is 35.5. The molecule has 0 unspecified atom stereocenters. The van der Waals surface area contributed by atoms with Crippen molar-refractivity contribution >= 4 is 27.1 Å². The van der Waals surface area contributed by atoms with E-state index in [0.717, 1.165) is 31.5 Å². The van der Waals surface area contributed by atoms with E-state index in [2.05, 4.69) is 69.9 Å². The van der Waals surface area contributed by atoms with Gasteiger partial charge in [-0.3, -0.25) is 9.69 Å². The second-order valence-electron chi connectivity index (χ2n) is 10.5. The van der Waals surface area contributed by atoms with Crippen molar-refractivity contribution in [1.82, 2.24) is 4.90 Å². The third-order valence-electron chi connectivity index (χ3n) is 6.59. The summed E-state index contributed by atoms with van der Waals surface area (Å²) in [4.78, 5) is 15.0. The Morgan fingerprint density at radius 3 is 2.13 bits per heavy atom. The molecule has 1 aliphatic heterocycles. The maximum Gasteiger partial charge on any atom is 0.176 e. The van der Waals surface area contributed by atoms with Crippen LogP contribution in [0.1, 0.15) is 63.4 Å². The highest BCUT2D eigenvalue weighted by Gasteiger charge is 2.49. The van der Waals surface area contributed by atoms with E-state index >= 15 is 0 Å². The van der Waals surface area contributed by atoms with Crippen LogP contribution >= 0.6 is 11.6 Å². The van der Waals surface area contributed by atoms with Gasteiger partial charge in [-0.05, 0) is 74.6 Å². The zero-order valence-electron chi connectivity index (χ0n) is 19.6. The molecule has 2 aromatic rings. The summed E-state index contributed by atoms with van der Waals surface area (Å²) >= 11 is 5.96. The van der Waals surface area contributed by atoms with Crippen LogP contribution in [0.5, 0.6) is 0 Å². The number of piperidine rings is 1. The Morgan fingerprint density at radius 2 is 1.58 bits per heavy atom. The Labute approximate surface area is 195 Å². The molecule has 3 nitrogen and oxygen atoms in total. The molecule has 0 radical (unpaired) electrons. The first-order valence-electron chi connectivity index (χ1n) is 11.2. The molecule has 1 aliphatic rings. The quantitative estimate of drug-likeness (QED) is 0.397. The Morgan fingerprint density at radius 1 is 1.00 bits per heavy atom. The van der Waals surface area contributed by atoms with Gasteiger partial charge in [-0.2, -0.15) is 0 Å². The van der Waals surface area contributed by atoms with Gasteiger partial charge in [0.1, 0.15) is 0 Å². The number of halogens is 1. The van der Waals surface area contributed by atoms with Gasteiger partial charge in [0.15, 0.2) is 15.5 Å². The van der Waals surface area contributed by atoms with Crippen molar-refractivity contribution in [2.45, 2.75) is 63.5 Å². The first-order chi connectivity index (χ1) is 14.5. The summed E-state index contributed by atoms with van der Waals surface area (Å²) in [7, 11) is -0.690. The second-order valence-corrected chi connectivity index (χ2v) is 13.6. The number of hydrogen-bond acceptors (Lipinski definition) is 3. The van der Waals surface area contributed by atoms with Gasteiger partial charge < -0.3 is 4.43 Å². The Balaban J connectivity index is 1.75. The SMILES string of the molecule is CC(C)(C)[SiH2]OC(C)(C)C1(c2ccccc2)CCN(CC(=O)c2ccc(Cl)cc2)CC1. The minimum absolute atomic E-state index is 0.0493. The van der Waals surface area contributed by atoms with E-state index in [4.69, 9.17) is 16.0 Å². The van der Waals surface area contributed by atoms with Crippen molar-refractivity contribution in [3.8, 4) is 0 Å². The Bertz CT molecular complexity index is 867. The highest BCUT2D eigenvalue weighted by molar-refractivity contribution is 6.32. The van der Waals surface area contributed by atoms with E-state index in [1.807, 2.05) is 12.1 Å². The summed E-state index contributed by atoms with van der Waals surface area (Å²) in [6, 6.07) is 18.0. The fourth-order valence-corrected chi connectivity index (χ4v) is 5.75. The zero-order chi connectivity index (χ0) is 22.7. The molecule has 1 saturated heterocycles. The average Bonchev–Trinajstić information content (AvgIpc) is 2.73. The van der Waals surface area contributed by atoms with Crippen LogP contribution < -0.4 is 0 Å². The van der Waals surface area contributed by atoms with Gasteiger partial charge in [0.25, 0.3) is 0 Å². The minimum Gasteiger partial charge on any atom is -0.418 e. The number of Topliss-reactive ketones (excluding diaryl/α,β-unsaturated/α-hetero) is 1. The van der Waals surface area contributed by atoms with E-state index in [1.165, 1.54) is 5.56 Å². The Hall–Kier alpha value is -1.46. The van der Waals surface area contributed by atoms with E-state index in [-0.39, 0.29) is 21.8 Å². The van der Waals surface area contributed by atoms with E-state index in [9.17, 15) is 4.79 Å². The van der Waals surface area contributed by atoms with Crippen molar-refractivity contribution in [1.29, 1.82) is 0 Å². The van der Waals surface area contributed by atoms with E-state index in [0.29, 0.717) is 11.6 Å². The molecule has 3 rings (SSSR count). The lowest BCUT2D eigenvalue weighted by Crippen LogP contribution is -2.56. The lowest BCUT2D eigenvalue weighted by molar-refractivity contribution is -0.0187. The van der Waals surface area contributed by atoms with Crippen LogP contribution in [0.25, 0.3) is 0 Å². The molecule has 0 aliphatic carbocycles. The Kier molecular flexibility index (Phi) is 7.47. The summed E-state index contributed by atoms with van der Waals surface area (Å²) in [6.45, 7) is 13.6. The fraction of sp³-hybridized carbons (Fsp3) is 0.500. The highest BCUT2D eigenvalue weighted by Crippen LogP contribution is 2.46. The lowest BCUT2D eigenvalue weighted by Gasteiger charge is -2.52. The van der Waals surface area contributed by atoms with Crippen LogP contribution in [0.15, 0.2) is 54.6 Å². The molecule has 5 heteroatoms. The van der Waals surface area contributed by atoms with Crippen molar-refractivity contribution in [2.75, 3.05) is 19.6 Å². The predicted octanol–water partition coefficient (Wildman–Crippen LogP) is 5.65. The van der Waals surface area contributed by atoms with Crippen LogP contribution in [0, 0.1) is 0 Å². The summed E-state index contributed by atoms with van der Waals surface area (Å²) in [5, 5.41) is 0.907. The third kappa shape index (κ3) is 5.86. The molecule has 168 valence electrons. The number of hydrogen-bond donors (Lipinski definition) is 0. The van der Waals surface area contributed by atoms with Crippen LogP contribution in [-0.2, 0) is 9.84 Å². The van der Waals surface area contributed by atoms with Crippen molar-refractivity contribution in [3.05, 3.63) is 70.7 Å². The normalized spacial score (nSPS) is 17.9. The van der Waals surface area contributed by atoms with Gasteiger partial charge in [-0.1, -0.05) is 62.7 Å². The number of benzene rings is 2. The molecule has 1 heterocycles. The third-order valence-corrected chi connectivity index (χ3v) is 8.57. The van der Waals surface area contributed by atoms with Gasteiger partial charge in [0, 0.05) is 16.0 Å². The van der Waals surface area contributed by atoms with Crippen LogP contribution in [0.4, 0.5) is 0 Å². The van der Waals surface area contributed by atoms with Gasteiger partial charge in [-0.15, -0.1) is 0 Å². The number of nitrogens with zero attached hydrogens (tertiary/aromatic N) is 1. The molecule has 2 aromatic carbocycles. The van der Waals surface area contributed by atoms with Gasteiger partial charge in [-0.25, -0.2) is 0 Å². The zero-order valence-corrected chi connectivity index (χ0v) is 21.8. The van der Waals surface area contributed by atoms with Gasteiger partial charge >= 0.3 is 0 Å². The molecule has 0 bridgehead atoms. The summed E-state index contributed by atoms with van der Waals surface area (Å²) in [5.74, 6) is 0.152. The van der Waals surface area contributed by atoms with Crippen molar-refractivity contribution in [2.24, 2.45) is 0 Å². The van der Waals surface area contributed by atoms with Crippen LogP contribution in [0.2, 0.25) is 10.1 Å². The monoisotopic (exact) mass is 457 g/mol. The first kappa shape index (κ1) is 24.2. The molecule has 0 saturated carbocycles. The number of carbonyl (C=O) groups is 1. The number of ketones is 1. The molecule has 0 N–H and O–H groups in total. The minimum atomic E-state index is -0.690. The molecule has 1 fully saturated rings. The second kappa shape index (κ2) is 9.58. The molecule has 0 amide bonds. The van der Waals surface area contributed by atoms with Crippen molar-refractivity contribution in [3.63, 3.8) is 0 Å².